The molecule has 0 bridgehead atoms. The summed E-state index contributed by atoms with van der Waals surface area (Å²) in [5.74, 6) is 0.502. The number of nitrogens with zero attached hydrogens (tertiary/aromatic N) is 5. The van der Waals surface area contributed by atoms with Crippen LogP contribution in [0.1, 0.15) is 11.1 Å². The van der Waals surface area contributed by atoms with Crippen LogP contribution in [-0.2, 0) is 20.6 Å². The predicted molar refractivity (Wildman–Crippen MR) is 135 cm³/mol. The Morgan fingerprint density at radius 3 is 2.50 bits per heavy atom. The second-order valence-electron chi connectivity index (χ2n) is 7.71. The van der Waals surface area contributed by atoms with Crippen LogP contribution in [0, 0.1) is 10.1 Å². The molecule has 0 unspecified atom stereocenters. The lowest BCUT2D eigenvalue weighted by molar-refractivity contribution is -0.400. The van der Waals surface area contributed by atoms with E-state index in [0.29, 0.717) is 21.2 Å². The highest BCUT2D eigenvalue weighted by Gasteiger charge is 2.22. The van der Waals surface area contributed by atoms with E-state index in [1.165, 1.54) is 36.4 Å². The lowest BCUT2D eigenvalue weighted by atomic mass is 10.2. The first kappa shape index (κ1) is 25.0. The van der Waals surface area contributed by atoms with Crippen LogP contribution in [0.2, 0.25) is 10.0 Å². The van der Waals surface area contributed by atoms with E-state index in [4.69, 9.17) is 32.7 Å². The molecule has 2 aromatic heterocycles. The molecule has 0 aliphatic heterocycles. The number of ether oxygens (including phenoxy) is 2. The Bertz CT molecular complexity index is 1650. The van der Waals surface area contributed by atoms with Crippen LogP contribution < -0.4 is 20.7 Å². The van der Waals surface area contributed by atoms with E-state index in [1.807, 2.05) is 0 Å². The summed E-state index contributed by atoms with van der Waals surface area (Å²) < 4.78 is 15.2. The van der Waals surface area contributed by atoms with Gasteiger partial charge in [0.1, 0.15) is 0 Å². The zero-order valence-electron chi connectivity index (χ0n) is 19.3. The van der Waals surface area contributed by atoms with E-state index in [9.17, 15) is 19.7 Å². The highest BCUT2D eigenvalue weighted by Crippen LogP contribution is 2.34. The quantitative estimate of drug-likeness (QED) is 0.262. The van der Waals surface area contributed by atoms with Crippen molar-refractivity contribution in [3.8, 4) is 17.5 Å². The summed E-state index contributed by atoms with van der Waals surface area (Å²) in [5.41, 5.74) is 0.278. The molecule has 36 heavy (non-hydrogen) atoms. The van der Waals surface area contributed by atoms with Gasteiger partial charge in [0.2, 0.25) is 6.20 Å². The fraction of sp³-hybridized carbons (Fsp3) is 0.174. The highest BCUT2D eigenvalue weighted by molar-refractivity contribution is 6.35. The van der Waals surface area contributed by atoms with Crippen molar-refractivity contribution in [3.05, 3.63) is 94.7 Å². The van der Waals surface area contributed by atoms with Gasteiger partial charge in [-0.3, -0.25) is 28.6 Å². The third-order valence-corrected chi connectivity index (χ3v) is 6.02. The molecule has 0 saturated heterocycles. The average molecular weight is 532 g/mol. The van der Waals surface area contributed by atoms with E-state index in [0.717, 1.165) is 10.8 Å². The minimum absolute atomic E-state index is 0.00111. The standard InChI is InChI=1S/C23H19Cl2N5O6/c1-27-20-19(21(31)28(2)23(27)32)29(12-14-5-6-15(24)11-16(14)25)22(26-20)36-17-7-4-13(8-9-30(33)34)10-18(17)35-3/h4-11H,12H2,1-3H3/b9-8-. The van der Waals surface area contributed by atoms with Crippen molar-refractivity contribution in [2.75, 3.05) is 7.11 Å². The van der Waals surface area contributed by atoms with Crippen LogP contribution in [0.3, 0.4) is 0 Å². The van der Waals surface area contributed by atoms with Crippen LogP contribution in [0.4, 0.5) is 0 Å². The summed E-state index contributed by atoms with van der Waals surface area (Å²) in [6, 6.07) is 9.64. The number of benzene rings is 2. The molecule has 11 nitrogen and oxygen atoms in total. The molecule has 2 heterocycles. The van der Waals surface area contributed by atoms with Crippen molar-refractivity contribution < 1.29 is 14.4 Å². The number of fused-ring (bicyclic) bond motifs is 1. The Morgan fingerprint density at radius 2 is 1.83 bits per heavy atom. The zero-order valence-corrected chi connectivity index (χ0v) is 20.8. The molecule has 0 amide bonds. The van der Waals surface area contributed by atoms with Gasteiger partial charge in [-0.05, 0) is 35.4 Å². The van der Waals surface area contributed by atoms with Gasteiger partial charge in [0, 0.05) is 30.2 Å². The lowest BCUT2D eigenvalue weighted by Crippen LogP contribution is -2.37. The molecule has 0 aliphatic rings. The molecule has 4 aromatic rings. The molecule has 0 atom stereocenters. The Kier molecular flexibility index (Phi) is 6.86. The first-order valence-electron chi connectivity index (χ1n) is 10.4. The second-order valence-corrected chi connectivity index (χ2v) is 8.55. The summed E-state index contributed by atoms with van der Waals surface area (Å²) in [6.07, 6.45) is 2.12. The maximum Gasteiger partial charge on any atom is 0.332 e. The number of rotatable bonds is 7. The van der Waals surface area contributed by atoms with E-state index in [1.54, 1.807) is 36.4 Å². The summed E-state index contributed by atoms with van der Waals surface area (Å²) in [6.45, 7) is 0.0846. The first-order chi connectivity index (χ1) is 17.1. The third kappa shape index (κ3) is 4.70. The van der Waals surface area contributed by atoms with Crippen LogP contribution in [0.25, 0.3) is 17.2 Å². The van der Waals surface area contributed by atoms with Crippen molar-refractivity contribution in [2.24, 2.45) is 14.1 Å². The molecule has 4 rings (SSSR count). The van der Waals surface area contributed by atoms with E-state index in [-0.39, 0.29) is 35.2 Å². The van der Waals surface area contributed by atoms with Gasteiger partial charge in [0.15, 0.2) is 22.7 Å². The molecule has 0 saturated carbocycles. The van der Waals surface area contributed by atoms with E-state index < -0.39 is 16.2 Å². The average Bonchev–Trinajstić information content (AvgIpc) is 3.20. The summed E-state index contributed by atoms with van der Waals surface area (Å²) in [4.78, 5) is 40.1. The largest absolute Gasteiger partial charge is 0.493 e. The Morgan fingerprint density at radius 1 is 1.08 bits per heavy atom. The number of imidazole rings is 1. The minimum Gasteiger partial charge on any atom is -0.493 e. The number of aromatic nitrogens is 4. The molecule has 0 radical (unpaired) electrons. The lowest BCUT2D eigenvalue weighted by Gasteiger charge is -2.13. The van der Waals surface area contributed by atoms with Crippen molar-refractivity contribution in [3.63, 3.8) is 0 Å². The number of aryl methyl sites for hydroxylation is 1. The van der Waals surface area contributed by atoms with E-state index >= 15 is 0 Å². The maximum absolute atomic E-state index is 13.1. The number of methoxy groups -OCH3 is 1. The number of nitro groups is 1. The van der Waals surface area contributed by atoms with Crippen LogP contribution in [-0.4, -0.2) is 30.7 Å². The van der Waals surface area contributed by atoms with Gasteiger partial charge < -0.3 is 9.47 Å². The highest BCUT2D eigenvalue weighted by atomic mass is 35.5. The first-order valence-corrected chi connectivity index (χ1v) is 11.1. The van der Waals surface area contributed by atoms with Crippen molar-refractivity contribution >= 4 is 40.4 Å². The van der Waals surface area contributed by atoms with Crippen LogP contribution >= 0.6 is 23.2 Å². The fourth-order valence-corrected chi connectivity index (χ4v) is 4.06. The predicted octanol–water partition coefficient (Wildman–Crippen LogP) is 3.84. The smallest absolute Gasteiger partial charge is 0.332 e. The topological polar surface area (TPSA) is 123 Å². The Hall–Kier alpha value is -4.09. The SMILES string of the molecule is COc1cc(/C=C\[N+](=O)[O-])ccc1Oc1nc2c(c(=O)n(C)c(=O)n2C)n1Cc1ccc(Cl)cc1Cl. The van der Waals surface area contributed by atoms with Gasteiger partial charge in [-0.2, -0.15) is 4.98 Å². The van der Waals surface area contributed by atoms with Gasteiger partial charge in [-0.15, -0.1) is 0 Å². The maximum atomic E-state index is 13.1. The third-order valence-electron chi connectivity index (χ3n) is 5.43. The van der Waals surface area contributed by atoms with Gasteiger partial charge >= 0.3 is 11.7 Å². The molecule has 0 N–H and O–H groups in total. The second kappa shape index (κ2) is 9.88. The van der Waals surface area contributed by atoms with Gasteiger partial charge in [0.25, 0.3) is 5.56 Å². The molecule has 0 spiro atoms. The van der Waals surface area contributed by atoms with Gasteiger partial charge in [-0.1, -0.05) is 35.3 Å². The minimum atomic E-state index is -0.577. The van der Waals surface area contributed by atoms with Crippen molar-refractivity contribution in [1.82, 2.24) is 18.7 Å². The van der Waals surface area contributed by atoms with Crippen LogP contribution in [0.15, 0.2) is 52.2 Å². The summed E-state index contributed by atoms with van der Waals surface area (Å²) >= 11 is 12.4. The molecule has 0 fully saturated rings. The van der Waals surface area contributed by atoms with E-state index in [2.05, 4.69) is 4.98 Å². The molecule has 2 aromatic carbocycles. The van der Waals surface area contributed by atoms with Gasteiger partial charge in [-0.25, -0.2) is 4.79 Å². The summed E-state index contributed by atoms with van der Waals surface area (Å²) in [7, 11) is 4.29. The van der Waals surface area contributed by atoms with Gasteiger partial charge in [0.05, 0.1) is 18.6 Å². The summed E-state index contributed by atoms with van der Waals surface area (Å²) in [5, 5.41) is 11.5. The van der Waals surface area contributed by atoms with Crippen LogP contribution in [0.5, 0.6) is 17.5 Å². The molecule has 0 aliphatic carbocycles. The molecular weight excluding hydrogens is 513 g/mol. The Balaban J connectivity index is 1.89. The molecule has 186 valence electrons. The zero-order chi connectivity index (χ0) is 26.1. The van der Waals surface area contributed by atoms with Crippen molar-refractivity contribution in [1.29, 1.82) is 0 Å². The fourth-order valence-electron chi connectivity index (χ4n) is 3.59. The molecular formula is C23H19Cl2N5O6. The number of halogens is 2. The monoisotopic (exact) mass is 531 g/mol. The number of hydrogen-bond donors (Lipinski definition) is 0. The number of hydrogen-bond acceptors (Lipinski definition) is 7. The Labute approximate surface area is 213 Å². The normalized spacial score (nSPS) is 11.4. The van der Waals surface area contributed by atoms with Crippen molar-refractivity contribution in [2.45, 2.75) is 6.54 Å². The molecule has 13 heteroatoms.